The molecule has 0 atom stereocenters. The van der Waals surface area contributed by atoms with E-state index in [0.717, 1.165) is 25.3 Å². The fourth-order valence-corrected chi connectivity index (χ4v) is 2.62. The van der Waals surface area contributed by atoms with Crippen molar-refractivity contribution in [2.45, 2.75) is 26.3 Å². The first-order chi connectivity index (χ1) is 6.75. The Morgan fingerprint density at radius 1 is 1.50 bits per heavy atom. The Hall–Kier alpha value is -0.960. The van der Waals surface area contributed by atoms with Gasteiger partial charge < -0.3 is 10.6 Å². The summed E-state index contributed by atoms with van der Waals surface area (Å²) in [5.74, 6) is 0.947. The molecule has 0 aliphatic carbocycles. The minimum Gasteiger partial charge on any atom is -0.386 e. The maximum absolute atomic E-state index is 5.93. The van der Waals surface area contributed by atoms with Gasteiger partial charge in [0.15, 0.2) is 0 Å². The van der Waals surface area contributed by atoms with Gasteiger partial charge in [-0.15, -0.1) is 11.3 Å². The molecule has 76 valence electrons. The zero-order valence-corrected chi connectivity index (χ0v) is 9.31. The number of thiophene rings is 1. The molecule has 1 aliphatic heterocycles. The first-order valence-electron chi connectivity index (χ1n) is 5.01. The lowest BCUT2D eigenvalue weighted by Gasteiger charge is -2.27. The van der Waals surface area contributed by atoms with Crippen LogP contribution in [0.25, 0.3) is 0 Å². The van der Waals surface area contributed by atoms with Gasteiger partial charge in [0.1, 0.15) is 0 Å². The molecule has 2 nitrogen and oxygen atoms in total. The second kappa shape index (κ2) is 4.05. The molecule has 0 unspecified atom stereocenters. The van der Waals surface area contributed by atoms with Gasteiger partial charge in [0, 0.05) is 16.3 Å². The number of nitrogens with two attached hydrogens (primary N) is 1. The Labute approximate surface area is 89.0 Å². The largest absolute Gasteiger partial charge is 0.386 e. The van der Waals surface area contributed by atoms with E-state index in [1.807, 2.05) is 11.3 Å². The summed E-state index contributed by atoms with van der Waals surface area (Å²) in [6.45, 7) is 4.21. The van der Waals surface area contributed by atoms with Crippen LogP contribution in [0, 0.1) is 6.92 Å². The highest BCUT2D eigenvalue weighted by molar-refractivity contribution is 7.11. The molecule has 0 saturated heterocycles. The van der Waals surface area contributed by atoms with Crippen LogP contribution in [0.4, 0.5) is 0 Å². The van der Waals surface area contributed by atoms with Crippen molar-refractivity contribution in [3.63, 3.8) is 0 Å². The van der Waals surface area contributed by atoms with Crippen LogP contribution in [0.2, 0.25) is 0 Å². The number of allylic oxidation sites excluding steroid dienone is 1. The lowest BCUT2D eigenvalue weighted by molar-refractivity contribution is 0.314. The first-order valence-corrected chi connectivity index (χ1v) is 5.83. The zero-order chi connectivity index (χ0) is 9.97. The first kappa shape index (κ1) is 9.59. The highest BCUT2D eigenvalue weighted by Crippen LogP contribution is 2.20. The van der Waals surface area contributed by atoms with Gasteiger partial charge in [-0.3, -0.25) is 0 Å². The molecule has 2 rings (SSSR count). The second-order valence-corrected chi connectivity index (χ2v) is 5.08. The minimum absolute atomic E-state index is 0.947. The predicted molar refractivity (Wildman–Crippen MR) is 61.0 cm³/mol. The normalized spacial score (nSPS) is 16.9. The third-order valence-electron chi connectivity index (χ3n) is 2.49. The lowest BCUT2D eigenvalue weighted by Crippen LogP contribution is -2.30. The van der Waals surface area contributed by atoms with E-state index in [9.17, 15) is 0 Å². The highest BCUT2D eigenvalue weighted by Gasteiger charge is 2.11. The molecule has 1 aliphatic rings. The van der Waals surface area contributed by atoms with Crippen LogP contribution >= 0.6 is 11.3 Å². The third-order valence-corrected chi connectivity index (χ3v) is 3.48. The molecule has 0 amide bonds. The molecule has 2 heterocycles. The Bertz CT molecular complexity index is 341. The van der Waals surface area contributed by atoms with Crippen molar-refractivity contribution in [3.05, 3.63) is 33.8 Å². The van der Waals surface area contributed by atoms with Crippen LogP contribution in [0.5, 0.6) is 0 Å². The van der Waals surface area contributed by atoms with Crippen molar-refractivity contribution in [2.75, 3.05) is 6.54 Å². The smallest absolute Gasteiger partial charge is 0.0948 e. The molecular formula is C11H16N2S. The summed E-state index contributed by atoms with van der Waals surface area (Å²) >= 11 is 1.86. The van der Waals surface area contributed by atoms with E-state index < -0.39 is 0 Å². The van der Waals surface area contributed by atoms with Gasteiger partial charge in [0.2, 0.25) is 0 Å². The van der Waals surface area contributed by atoms with Crippen molar-refractivity contribution >= 4 is 11.3 Å². The van der Waals surface area contributed by atoms with E-state index in [1.54, 1.807) is 0 Å². The summed E-state index contributed by atoms with van der Waals surface area (Å²) in [6, 6.07) is 4.37. The van der Waals surface area contributed by atoms with Crippen molar-refractivity contribution in [2.24, 2.45) is 5.73 Å². The fraction of sp³-hybridized carbons (Fsp3) is 0.455. The van der Waals surface area contributed by atoms with E-state index in [2.05, 4.69) is 30.0 Å². The molecule has 1 aromatic rings. The standard InChI is InChI=1S/C11H16N2S/c1-9-5-6-10(14-9)8-13-7-3-2-4-11(13)12/h4-6H,2-3,7-8,12H2,1H3. The van der Waals surface area contributed by atoms with Crippen LogP contribution in [-0.2, 0) is 6.54 Å². The third kappa shape index (κ3) is 2.10. The summed E-state index contributed by atoms with van der Waals surface area (Å²) < 4.78 is 0. The fourth-order valence-electron chi connectivity index (χ4n) is 1.72. The van der Waals surface area contributed by atoms with E-state index in [1.165, 1.54) is 16.2 Å². The molecule has 2 N–H and O–H groups in total. The minimum atomic E-state index is 0.947. The quantitative estimate of drug-likeness (QED) is 0.809. The Morgan fingerprint density at radius 2 is 2.36 bits per heavy atom. The molecule has 0 bridgehead atoms. The molecule has 0 spiro atoms. The molecule has 3 heteroatoms. The number of hydrogen-bond donors (Lipinski definition) is 1. The lowest BCUT2D eigenvalue weighted by atomic mass is 10.2. The van der Waals surface area contributed by atoms with Gasteiger partial charge in [-0.05, 0) is 38.0 Å². The highest BCUT2D eigenvalue weighted by atomic mass is 32.1. The van der Waals surface area contributed by atoms with Gasteiger partial charge in [-0.1, -0.05) is 0 Å². The van der Waals surface area contributed by atoms with Crippen molar-refractivity contribution < 1.29 is 0 Å². The number of hydrogen-bond acceptors (Lipinski definition) is 3. The number of aryl methyl sites for hydroxylation is 1. The SMILES string of the molecule is Cc1ccc(CN2CCCC=C2N)s1. The zero-order valence-electron chi connectivity index (χ0n) is 8.49. The maximum atomic E-state index is 5.93. The number of nitrogens with zero attached hydrogens (tertiary/aromatic N) is 1. The Kier molecular flexibility index (Phi) is 2.77. The summed E-state index contributed by atoms with van der Waals surface area (Å²) in [4.78, 5) is 5.04. The molecule has 1 aromatic heterocycles. The van der Waals surface area contributed by atoms with Crippen LogP contribution in [0.1, 0.15) is 22.6 Å². The summed E-state index contributed by atoms with van der Waals surface area (Å²) in [5.41, 5.74) is 5.93. The van der Waals surface area contributed by atoms with Crippen LogP contribution in [0.3, 0.4) is 0 Å². The Morgan fingerprint density at radius 3 is 3.00 bits per heavy atom. The average Bonchev–Trinajstić information content (AvgIpc) is 2.56. The van der Waals surface area contributed by atoms with Crippen LogP contribution in [0.15, 0.2) is 24.0 Å². The van der Waals surface area contributed by atoms with E-state index >= 15 is 0 Å². The van der Waals surface area contributed by atoms with Crippen molar-refractivity contribution in [1.82, 2.24) is 4.90 Å². The van der Waals surface area contributed by atoms with E-state index in [0.29, 0.717) is 0 Å². The topological polar surface area (TPSA) is 29.3 Å². The average molecular weight is 208 g/mol. The number of rotatable bonds is 2. The monoisotopic (exact) mass is 208 g/mol. The van der Waals surface area contributed by atoms with Gasteiger partial charge in [0.25, 0.3) is 0 Å². The molecule has 0 saturated carbocycles. The van der Waals surface area contributed by atoms with Gasteiger partial charge in [-0.25, -0.2) is 0 Å². The van der Waals surface area contributed by atoms with Crippen LogP contribution < -0.4 is 5.73 Å². The van der Waals surface area contributed by atoms with Gasteiger partial charge >= 0.3 is 0 Å². The van der Waals surface area contributed by atoms with E-state index in [4.69, 9.17) is 5.73 Å². The van der Waals surface area contributed by atoms with Crippen LogP contribution in [-0.4, -0.2) is 11.4 Å². The van der Waals surface area contributed by atoms with Crippen molar-refractivity contribution in [1.29, 1.82) is 0 Å². The van der Waals surface area contributed by atoms with E-state index in [-0.39, 0.29) is 0 Å². The van der Waals surface area contributed by atoms with Gasteiger partial charge in [-0.2, -0.15) is 0 Å². The summed E-state index contributed by atoms with van der Waals surface area (Å²) in [7, 11) is 0. The summed E-state index contributed by atoms with van der Waals surface area (Å²) in [6.07, 6.45) is 4.49. The maximum Gasteiger partial charge on any atom is 0.0948 e. The molecule has 0 radical (unpaired) electrons. The molecule has 14 heavy (non-hydrogen) atoms. The predicted octanol–water partition coefficient (Wildman–Crippen LogP) is 2.45. The summed E-state index contributed by atoms with van der Waals surface area (Å²) in [5, 5.41) is 0. The molecular weight excluding hydrogens is 192 g/mol. The second-order valence-electron chi connectivity index (χ2n) is 3.71. The molecule has 0 aromatic carbocycles. The Balaban J connectivity index is 2.03. The van der Waals surface area contributed by atoms with Crippen molar-refractivity contribution in [3.8, 4) is 0 Å². The van der Waals surface area contributed by atoms with Gasteiger partial charge in [0.05, 0.1) is 12.4 Å². The molecule has 0 fully saturated rings.